The van der Waals surface area contributed by atoms with Gasteiger partial charge in [0.2, 0.25) is 0 Å². The van der Waals surface area contributed by atoms with Crippen LogP contribution in [0.5, 0.6) is 0 Å². The van der Waals surface area contributed by atoms with Crippen molar-refractivity contribution in [2.45, 2.75) is 6.92 Å². The standard InChI is InChI=1S/C22H17N3O3/c1-13-6-8-14(9-7-13)21(26)23-15-10-11-17-19(12-15)24-18-5-3-4-16(20(18)25-17)22(27)28-2/h3-12H,1-2H3,(H,23,26). The number of methoxy groups -OCH3 is 1. The minimum absolute atomic E-state index is 0.193. The number of esters is 1. The molecule has 4 aromatic rings. The summed E-state index contributed by atoms with van der Waals surface area (Å²) in [6.45, 7) is 1.97. The first-order valence-corrected chi connectivity index (χ1v) is 8.72. The fourth-order valence-corrected chi connectivity index (χ4v) is 2.96. The predicted octanol–water partition coefficient (Wildman–Crippen LogP) is 4.13. The van der Waals surface area contributed by atoms with Gasteiger partial charge >= 0.3 is 5.97 Å². The molecule has 0 atom stereocenters. The molecule has 0 aliphatic carbocycles. The molecule has 0 fully saturated rings. The molecule has 0 saturated carbocycles. The van der Waals surface area contributed by atoms with Gasteiger partial charge in [-0.2, -0.15) is 0 Å². The van der Waals surface area contributed by atoms with E-state index in [0.717, 1.165) is 5.56 Å². The van der Waals surface area contributed by atoms with Crippen LogP contribution in [0, 0.1) is 6.92 Å². The van der Waals surface area contributed by atoms with E-state index in [4.69, 9.17) is 4.74 Å². The number of hydrogen-bond acceptors (Lipinski definition) is 5. The average Bonchev–Trinajstić information content (AvgIpc) is 2.71. The summed E-state index contributed by atoms with van der Waals surface area (Å²) in [7, 11) is 1.33. The van der Waals surface area contributed by atoms with E-state index in [0.29, 0.717) is 38.9 Å². The van der Waals surface area contributed by atoms with Crippen molar-refractivity contribution in [3.05, 3.63) is 77.4 Å². The van der Waals surface area contributed by atoms with Crippen molar-refractivity contribution in [2.75, 3.05) is 12.4 Å². The number of ether oxygens (including phenoxy) is 1. The zero-order valence-electron chi connectivity index (χ0n) is 15.4. The molecule has 138 valence electrons. The van der Waals surface area contributed by atoms with Gasteiger partial charge in [0.25, 0.3) is 5.91 Å². The molecule has 6 nitrogen and oxygen atoms in total. The second-order valence-corrected chi connectivity index (χ2v) is 6.41. The summed E-state index contributed by atoms with van der Waals surface area (Å²) in [4.78, 5) is 33.5. The molecule has 28 heavy (non-hydrogen) atoms. The van der Waals surface area contributed by atoms with Gasteiger partial charge in [0, 0.05) is 11.3 Å². The molecular weight excluding hydrogens is 354 g/mol. The van der Waals surface area contributed by atoms with Crippen molar-refractivity contribution in [1.82, 2.24) is 9.97 Å². The molecule has 0 spiro atoms. The van der Waals surface area contributed by atoms with Gasteiger partial charge in [-0.3, -0.25) is 4.79 Å². The highest BCUT2D eigenvalue weighted by Crippen LogP contribution is 2.22. The number of anilines is 1. The molecule has 1 heterocycles. The van der Waals surface area contributed by atoms with E-state index in [-0.39, 0.29) is 5.91 Å². The van der Waals surface area contributed by atoms with Crippen LogP contribution >= 0.6 is 0 Å². The summed E-state index contributed by atoms with van der Waals surface area (Å²) < 4.78 is 4.81. The lowest BCUT2D eigenvalue weighted by atomic mass is 10.1. The quantitative estimate of drug-likeness (QED) is 0.433. The monoisotopic (exact) mass is 371 g/mol. The number of amides is 1. The summed E-state index contributed by atoms with van der Waals surface area (Å²) in [5.74, 6) is -0.651. The number of fused-ring (bicyclic) bond motifs is 2. The first-order valence-electron chi connectivity index (χ1n) is 8.72. The Hall–Kier alpha value is -3.80. The van der Waals surface area contributed by atoms with Crippen LogP contribution in [0.3, 0.4) is 0 Å². The lowest BCUT2D eigenvalue weighted by molar-refractivity contribution is 0.0602. The smallest absolute Gasteiger partial charge is 0.340 e. The maximum absolute atomic E-state index is 12.4. The Balaban J connectivity index is 1.71. The summed E-state index contributed by atoms with van der Waals surface area (Å²) in [5, 5.41) is 2.88. The lowest BCUT2D eigenvalue weighted by Gasteiger charge is -2.08. The maximum Gasteiger partial charge on any atom is 0.340 e. The molecule has 0 aliphatic heterocycles. The van der Waals surface area contributed by atoms with E-state index in [9.17, 15) is 9.59 Å². The number of nitrogens with zero attached hydrogens (tertiary/aromatic N) is 2. The van der Waals surface area contributed by atoms with E-state index in [1.807, 2.05) is 19.1 Å². The molecule has 1 amide bonds. The van der Waals surface area contributed by atoms with Crippen molar-refractivity contribution in [3.63, 3.8) is 0 Å². The highest BCUT2D eigenvalue weighted by molar-refractivity contribution is 6.06. The average molecular weight is 371 g/mol. The number of para-hydroxylation sites is 1. The fourth-order valence-electron chi connectivity index (χ4n) is 2.96. The zero-order valence-corrected chi connectivity index (χ0v) is 15.4. The number of aromatic nitrogens is 2. The number of benzene rings is 3. The number of carbonyl (C=O) groups is 2. The van der Waals surface area contributed by atoms with Crippen molar-refractivity contribution in [2.24, 2.45) is 0 Å². The van der Waals surface area contributed by atoms with Gasteiger partial charge in [-0.25, -0.2) is 14.8 Å². The number of hydrogen-bond donors (Lipinski definition) is 1. The summed E-state index contributed by atoms with van der Waals surface area (Å²) >= 11 is 0. The van der Waals surface area contributed by atoms with Crippen LogP contribution in [0.1, 0.15) is 26.3 Å². The Morgan fingerprint density at radius 3 is 2.43 bits per heavy atom. The van der Waals surface area contributed by atoms with E-state index in [2.05, 4.69) is 15.3 Å². The van der Waals surface area contributed by atoms with Gasteiger partial charge in [-0.1, -0.05) is 23.8 Å². The Morgan fingerprint density at radius 1 is 0.893 bits per heavy atom. The van der Waals surface area contributed by atoms with Crippen LogP contribution in [0.25, 0.3) is 22.1 Å². The van der Waals surface area contributed by atoms with Crippen LogP contribution in [0.2, 0.25) is 0 Å². The summed E-state index contributed by atoms with van der Waals surface area (Å²) in [5.41, 5.74) is 4.97. The third-order valence-electron chi connectivity index (χ3n) is 4.44. The highest BCUT2D eigenvalue weighted by Gasteiger charge is 2.13. The van der Waals surface area contributed by atoms with Crippen molar-refractivity contribution in [3.8, 4) is 0 Å². The van der Waals surface area contributed by atoms with Gasteiger partial charge < -0.3 is 10.1 Å². The van der Waals surface area contributed by atoms with Crippen LogP contribution in [-0.4, -0.2) is 29.0 Å². The van der Waals surface area contributed by atoms with Crippen LogP contribution in [0.15, 0.2) is 60.7 Å². The van der Waals surface area contributed by atoms with E-state index < -0.39 is 5.97 Å². The second-order valence-electron chi connectivity index (χ2n) is 6.41. The largest absolute Gasteiger partial charge is 0.465 e. The summed E-state index contributed by atoms with van der Waals surface area (Å²) in [6.07, 6.45) is 0. The van der Waals surface area contributed by atoms with Gasteiger partial charge in [0.1, 0.15) is 5.52 Å². The first kappa shape index (κ1) is 17.6. The van der Waals surface area contributed by atoms with Gasteiger partial charge in [0.15, 0.2) is 0 Å². The highest BCUT2D eigenvalue weighted by atomic mass is 16.5. The Labute approximate surface area is 161 Å². The molecule has 6 heteroatoms. The van der Waals surface area contributed by atoms with Crippen molar-refractivity contribution < 1.29 is 14.3 Å². The van der Waals surface area contributed by atoms with Crippen LogP contribution in [-0.2, 0) is 4.74 Å². The zero-order chi connectivity index (χ0) is 19.7. The Bertz CT molecular complexity index is 1220. The Kier molecular flexibility index (Phi) is 4.45. The number of aryl methyl sites for hydroxylation is 1. The predicted molar refractivity (Wildman–Crippen MR) is 108 cm³/mol. The minimum atomic E-state index is -0.457. The SMILES string of the molecule is COC(=O)c1cccc2nc3cc(NC(=O)c4ccc(C)cc4)ccc3nc12. The first-order chi connectivity index (χ1) is 13.5. The molecule has 1 N–H and O–H groups in total. The second kappa shape index (κ2) is 7.08. The molecule has 0 radical (unpaired) electrons. The third-order valence-corrected chi connectivity index (χ3v) is 4.44. The van der Waals surface area contributed by atoms with Crippen LogP contribution < -0.4 is 5.32 Å². The minimum Gasteiger partial charge on any atom is -0.465 e. The summed E-state index contributed by atoms with van der Waals surface area (Å²) in [6, 6.07) is 17.8. The molecule has 0 aliphatic rings. The molecule has 1 aromatic heterocycles. The third kappa shape index (κ3) is 3.27. The molecule has 4 rings (SSSR count). The molecule has 0 unspecified atom stereocenters. The molecule has 0 saturated heterocycles. The number of rotatable bonds is 3. The number of nitrogens with one attached hydrogen (secondary N) is 1. The van der Waals surface area contributed by atoms with Gasteiger partial charge in [0.05, 0.1) is 29.2 Å². The fraction of sp³-hybridized carbons (Fsp3) is 0.0909. The number of carbonyl (C=O) groups excluding carboxylic acids is 2. The Morgan fingerprint density at radius 2 is 1.68 bits per heavy atom. The van der Waals surface area contributed by atoms with Gasteiger partial charge in [-0.05, 0) is 49.4 Å². The van der Waals surface area contributed by atoms with Crippen LogP contribution in [0.4, 0.5) is 5.69 Å². The maximum atomic E-state index is 12.4. The normalized spacial score (nSPS) is 10.8. The topological polar surface area (TPSA) is 81.2 Å². The molecular formula is C22H17N3O3. The molecule has 3 aromatic carbocycles. The van der Waals surface area contributed by atoms with E-state index in [1.54, 1.807) is 48.5 Å². The van der Waals surface area contributed by atoms with E-state index >= 15 is 0 Å². The van der Waals surface area contributed by atoms with Gasteiger partial charge in [-0.15, -0.1) is 0 Å². The lowest BCUT2D eigenvalue weighted by Crippen LogP contribution is -2.11. The molecule has 0 bridgehead atoms. The van der Waals surface area contributed by atoms with E-state index in [1.165, 1.54) is 7.11 Å². The van der Waals surface area contributed by atoms with Crippen molar-refractivity contribution >= 4 is 39.6 Å². The van der Waals surface area contributed by atoms with Crippen molar-refractivity contribution in [1.29, 1.82) is 0 Å².